The third kappa shape index (κ3) is 2.84. The van der Waals surface area contributed by atoms with Gasteiger partial charge in [-0.25, -0.2) is 4.39 Å². The highest BCUT2D eigenvalue weighted by molar-refractivity contribution is 6.31. The molecule has 0 aliphatic heterocycles. The van der Waals surface area contributed by atoms with E-state index in [4.69, 9.17) is 16.7 Å². The smallest absolute Gasteiger partial charge is 0.141 e. The molecule has 1 N–H and O–H groups in total. The van der Waals surface area contributed by atoms with Gasteiger partial charge in [0.05, 0.1) is 5.02 Å². The van der Waals surface area contributed by atoms with E-state index in [1.807, 2.05) is 24.3 Å². The second kappa shape index (κ2) is 5.30. The van der Waals surface area contributed by atoms with E-state index < -0.39 is 5.82 Å². The fourth-order valence-corrected chi connectivity index (χ4v) is 1.85. The van der Waals surface area contributed by atoms with Crippen molar-refractivity contribution in [3.8, 4) is 11.1 Å². The molecular formula is C14H12ClFO. The van der Waals surface area contributed by atoms with Gasteiger partial charge in [-0.2, -0.15) is 0 Å². The number of aliphatic hydroxyl groups excluding tert-OH is 1. The molecule has 0 unspecified atom stereocenters. The zero-order valence-electron chi connectivity index (χ0n) is 9.16. The van der Waals surface area contributed by atoms with Gasteiger partial charge in [0, 0.05) is 6.61 Å². The summed E-state index contributed by atoms with van der Waals surface area (Å²) >= 11 is 5.74. The average molecular weight is 251 g/mol. The highest BCUT2D eigenvalue weighted by Gasteiger charge is 2.03. The molecular weight excluding hydrogens is 239 g/mol. The predicted molar refractivity (Wildman–Crippen MR) is 67.6 cm³/mol. The lowest BCUT2D eigenvalue weighted by molar-refractivity contribution is 0.299. The minimum atomic E-state index is -0.410. The lowest BCUT2D eigenvalue weighted by Gasteiger charge is -2.04. The predicted octanol–water partition coefficient (Wildman–Crippen LogP) is 3.68. The second-order valence-corrected chi connectivity index (χ2v) is 4.21. The lowest BCUT2D eigenvalue weighted by Crippen LogP contribution is -1.90. The van der Waals surface area contributed by atoms with Crippen LogP contribution in [0.1, 0.15) is 5.56 Å². The molecule has 0 bridgehead atoms. The van der Waals surface area contributed by atoms with E-state index in [1.54, 1.807) is 12.1 Å². The van der Waals surface area contributed by atoms with Gasteiger partial charge < -0.3 is 5.11 Å². The molecule has 88 valence electrons. The molecule has 2 aromatic carbocycles. The minimum absolute atomic E-state index is 0.127. The second-order valence-electron chi connectivity index (χ2n) is 3.80. The SMILES string of the molecule is OCCc1ccc(-c2ccc(F)c(Cl)c2)cc1. The number of hydrogen-bond acceptors (Lipinski definition) is 1. The molecule has 0 fully saturated rings. The van der Waals surface area contributed by atoms with Crippen LogP contribution >= 0.6 is 11.6 Å². The van der Waals surface area contributed by atoms with E-state index in [0.29, 0.717) is 6.42 Å². The van der Waals surface area contributed by atoms with Gasteiger partial charge in [0.1, 0.15) is 5.82 Å². The van der Waals surface area contributed by atoms with Gasteiger partial charge in [-0.1, -0.05) is 41.9 Å². The Morgan fingerprint density at radius 2 is 1.65 bits per heavy atom. The number of aliphatic hydroxyl groups is 1. The van der Waals surface area contributed by atoms with E-state index in [2.05, 4.69) is 0 Å². The molecule has 0 heterocycles. The Hall–Kier alpha value is -1.38. The molecule has 0 radical (unpaired) electrons. The van der Waals surface area contributed by atoms with E-state index in [1.165, 1.54) is 6.07 Å². The van der Waals surface area contributed by atoms with Gasteiger partial charge in [0.15, 0.2) is 0 Å². The summed E-state index contributed by atoms with van der Waals surface area (Å²) in [5, 5.41) is 8.94. The lowest BCUT2D eigenvalue weighted by atomic mass is 10.0. The molecule has 0 aliphatic rings. The van der Waals surface area contributed by atoms with Crippen molar-refractivity contribution in [1.29, 1.82) is 0 Å². The van der Waals surface area contributed by atoms with Crippen molar-refractivity contribution in [2.24, 2.45) is 0 Å². The average Bonchev–Trinajstić information content (AvgIpc) is 2.34. The zero-order valence-corrected chi connectivity index (χ0v) is 9.91. The van der Waals surface area contributed by atoms with Gasteiger partial charge >= 0.3 is 0 Å². The molecule has 0 saturated carbocycles. The van der Waals surface area contributed by atoms with E-state index in [-0.39, 0.29) is 11.6 Å². The number of benzene rings is 2. The molecule has 0 saturated heterocycles. The first-order valence-corrected chi connectivity index (χ1v) is 5.74. The Morgan fingerprint density at radius 3 is 2.24 bits per heavy atom. The maximum absolute atomic E-state index is 13.0. The maximum atomic E-state index is 13.0. The van der Waals surface area contributed by atoms with Crippen molar-refractivity contribution in [2.75, 3.05) is 6.61 Å². The Kier molecular flexibility index (Phi) is 3.77. The van der Waals surface area contributed by atoms with Crippen LogP contribution in [0.15, 0.2) is 42.5 Å². The summed E-state index contributed by atoms with van der Waals surface area (Å²) in [6.07, 6.45) is 0.643. The number of halogens is 2. The van der Waals surface area contributed by atoms with Crippen molar-refractivity contribution in [3.05, 3.63) is 58.9 Å². The van der Waals surface area contributed by atoms with Crippen LogP contribution in [0.5, 0.6) is 0 Å². The molecule has 0 spiro atoms. The largest absolute Gasteiger partial charge is 0.396 e. The summed E-state index contributed by atoms with van der Waals surface area (Å²) in [6.45, 7) is 0.141. The van der Waals surface area contributed by atoms with Gasteiger partial charge in [-0.05, 0) is 35.2 Å². The first-order valence-electron chi connectivity index (χ1n) is 5.36. The highest BCUT2D eigenvalue weighted by Crippen LogP contribution is 2.25. The summed E-state index contributed by atoms with van der Waals surface area (Å²) in [6, 6.07) is 12.4. The van der Waals surface area contributed by atoms with Gasteiger partial charge in [0.2, 0.25) is 0 Å². The monoisotopic (exact) mass is 250 g/mol. The molecule has 2 aromatic rings. The Balaban J connectivity index is 2.30. The van der Waals surface area contributed by atoms with E-state index >= 15 is 0 Å². The van der Waals surface area contributed by atoms with Crippen molar-refractivity contribution in [3.63, 3.8) is 0 Å². The molecule has 3 heteroatoms. The molecule has 0 aliphatic carbocycles. The van der Waals surface area contributed by atoms with Crippen molar-refractivity contribution in [1.82, 2.24) is 0 Å². The van der Waals surface area contributed by atoms with Crippen molar-refractivity contribution in [2.45, 2.75) is 6.42 Å². The van der Waals surface area contributed by atoms with Crippen LogP contribution in [0.3, 0.4) is 0 Å². The molecule has 0 aromatic heterocycles. The third-order valence-electron chi connectivity index (χ3n) is 2.61. The van der Waals surface area contributed by atoms with Crippen LogP contribution in [0.25, 0.3) is 11.1 Å². The van der Waals surface area contributed by atoms with E-state index in [0.717, 1.165) is 16.7 Å². The van der Waals surface area contributed by atoms with Gasteiger partial charge in [-0.3, -0.25) is 0 Å². The molecule has 1 nitrogen and oxygen atoms in total. The third-order valence-corrected chi connectivity index (χ3v) is 2.90. The molecule has 17 heavy (non-hydrogen) atoms. The van der Waals surface area contributed by atoms with Gasteiger partial charge in [-0.15, -0.1) is 0 Å². The number of hydrogen-bond donors (Lipinski definition) is 1. The Bertz CT molecular complexity index is 508. The zero-order chi connectivity index (χ0) is 12.3. The summed E-state index contributed by atoms with van der Waals surface area (Å²) < 4.78 is 13.0. The topological polar surface area (TPSA) is 20.2 Å². The number of rotatable bonds is 3. The van der Waals surface area contributed by atoms with E-state index in [9.17, 15) is 4.39 Å². The molecule has 0 atom stereocenters. The van der Waals surface area contributed by atoms with Crippen molar-refractivity contribution >= 4 is 11.6 Å². The minimum Gasteiger partial charge on any atom is -0.396 e. The van der Waals surface area contributed by atoms with Crippen LogP contribution in [-0.4, -0.2) is 11.7 Å². The standard InChI is InChI=1S/C14H12ClFO/c15-13-9-12(5-6-14(13)16)11-3-1-10(2-4-11)7-8-17/h1-6,9,17H,7-8H2. The Labute approximate surface area is 104 Å². The first-order chi connectivity index (χ1) is 8.20. The maximum Gasteiger partial charge on any atom is 0.141 e. The normalized spacial score (nSPS) is 10.5. The fraction of sp³-hybridized carbons (Fsp3) is 0.143. The quantitative estimate of drug-likeness (QED) is 0.881. The fourth-order valence-electron chi connectivity index (χ4n) is 1.67. The van der Waals surface area contributed by atoms with Crippen LogP contribution in [-0.2, 0) is 6.42 Å². The van der Waals surface area contributed by atoms with Crippen LogP contribution in [0, 0.1) is 5.82 Å². The summed E-state index contributed by atoms with van der Waals surface area (Å²) in [5.41, 5.74) is 2.94. The molecule has 2 rings (SSSR count). The summed E-state index contributed by atoms with van der Waals surface area (Å²) in [5.74, 6) is -0.410. The van der Waals surface area contributed by atoms with Crippen LogP contribution < -0.4 is 0 Å². The summed E-state index contributed by atoms with van der Waals surface area (Å²) in [4.78, 5) is 0. The summed E-state index contributed by atoms with van der Waals surface area (Å²) in [7, 11) is 0. The molecule has 0 amide bonds. The highest BCUT2D eigenvalue weighted by atomic mass is 35.5. The van der Waals surface area contributed by atoms with Gasteiger partial charge in [0.25, 0.3) is 0 Å². The first kappa shape index (κ1) is 12.1. The van der Waals surface area contributed by atoms with Crippen LogP contribution in [0.2, 0.25) is 5.02 Å². The Morgan fingerprint density at radius 1 is 1.00 bits per heavy atom. The van der Waals surface area contributed by atoms with Crippen LogP contribution in [0.4, 0.5) is 4.39 Å². The van der Waals surface area contributed by atoms with Crippen molar-refractivity contribution < 1.29 is 9.50 Å².